The molecule has 0 aliphatic heterocycles. The van der Waals surface area contributed by atoms with Crippen LogP contribution in [0.3, 0.4) is 0 Å². The maximum absolute atomic E-state index is 6.30. The summed E-state index contributed by atoms with van der Waals surface area (Å²) >= 11 is 7.88. The molecule has 0 saturated heterocycles. The van der Waals surface area contributed by atoms with Crippen LogP contribution >= 0.6 is 22.9 Å². The van der Waals surface area contributed by atoms with Crippen LogP contribution in [0.15, 0.2) is 17.5 Å². The van der Waals surface area contributed by atoms with Crippen molar-refractivity contribution in [3.63, 3.8) is 0 Å². The van der Waals surface area contributed by atoms with E-state index in [1.54, 1.807) is 11.3 Å². The lowest BCUT2D eigenvalue weighted by molar-refractivity contribution is 1.17. The van der Waals surface area contributed by atoms with Crippen molar-refractivity contribution in [2.75, 3.05) is 0 Å². The zero-order valence-corrected chi connectivity index (χ0v) is 12.4. The van der Waals surface area contributed by atoms with Crippen LogP contribution in [0.5, 0.6) is 0 Å². The first-order valence-electron chi connectivity index (χ1n) is 5.91. The number of hydrogen-bond acceptors (Lipinski definition) is 4. The first-order valence-corrected chi connectivity index (χ1v) is 7.17. The Labute approximate surface area is 120 Å². The number of halogens is 1. The highest BCUT2D eigenvalue weighted by molar-refractivity contribution is 7.09. The summed E-state index contributed by atoms with van der Waals surface area (Å²) in [4.78, 5) is 13.4. The first-order chi connectivity index (χ1) is 9.04. The van der Waals surface area contributed by atoms with E-state index >= 15 is 0 Å². The van der Waals surface area contributed by atoms with E-state index in [1.807, 2.05) is 25.3 Å². The lowest BCUT2D eigenvalue weighted by Gasteiger charge is -2.06. The molecule has 0 unspecified atom stereocenters. The minimum absolute atomic E-state index is 0.489. The summed E-state index contributed by atoms with van der Waals surface area (Å²) in [6.07, 6.45) is 0. The monoisotopic (exact) mass is 289 g/mol. The van der Waals surface area contributed by atoms with Gasteiger partial charge in [0.25, 0.3) is 0 Å². The second-order valence-corrected chi connectivity index (χ2v) is 5.99. The van der Waals surface area contributed by atoms with Gasteiger partial charge in [0.1, 0.15) is 10.8 Å². The van der Waals surface area contributed by atoms with E-state index in [9.17, 15) is 0 Å². The van der Waals surface area contributed by atoms with Gasteiger partial charge >= 0.3 is 0 Å². The fourth-order valence-corrected chi connectivity index (χ4v) is 3.09. The number of hydrogen-bond donors (Lipinski definition) is 0. The van der Waals surface area contributed by atoms with Crippen molar-refractivity contribution in [2.45, 2.75) is 20.8 Å². The topological polar surface area (TPSA) is 38.7 Å². The van der Waals surface area contributed by atoms with E-state index in [4.69, 9.17) is 11.6 Å². The number of fused-ring (bicyclic) bond motifs is 1. The van der Waals surface area contributed by atoms with E-state index in [0.717, 1.165) is 27.2 Å². The fourth-order valence-electron chi connectivity index (χ4n) is 2.17. The Balaban J connectivity index is 2.30. The van der Waals surface area contributed by atoms with E-state index in [2.05, 4.69) is 27.9 Å². The highest BCUT2D eigenvalue weighted by atomic mass is 35.5. The van der Waals surface area contributed by atoms with E-state index in [1.165, 1.54) is 5.56 Å². The molecule has 3 aromatic rings. The summed E-state index contributed by atoms with van der Waals surface area (Å²) in [5, 5.41) is 4.36. The summed E-state index contributed by atoms with van der Waals surface area (Å²) in [6, 6.07) is 4.11. The van der Waals surface area contributed by atoms with Crippen LogP contribution in [0.25, 0.3) is 22.4 Å². The van der Waals surface area contributed by atoms with Gasteiger partial charge in [-0.2, -0.15) is 0 Å². The molecule has 0 atom stereocenters. The molecular formula is C14H12ClN3S. The molecule has 0 fully saturated rings. The van der Waals surface area contributed by atoms with Gasteiger partial charge in [-0.05, 0) is 38.0 Å². The molecule has 96 valence electrons. The Morgan fingerprint density at radius 2 is 1.84 bits per heavy atom. The Hall–Kier alpha value is -1.52. The van der Waals surface area contributed by atoms with E-state index in [-0.39, 0.29) is 0 Å². The van der Waals surface area contributed by atoms with E-state index in [0.29, 0.717) is 11.0 Å². The molecule has 0 spiro atoms. The van der Waals surface area contributed by atoms with Crippen LogP contribution < -0.4 is 0 Å². The van der Waals surface area contributed by atoms with Crippen molar-refractivity contribution >= 4 is 33.8 Å². The predicted molar refractivity (Wildman–Crippen MR) is 79.9 cm³/mol. The van der Waals surface area contributed by atoms with Gasteiger partial charge in [-0.15, -0.1) is 11.3 Å². The highest BCUT2D eigenvalue weighted by Crippen LogP contribution is 2.28. The van der Waals surface area contributed by atoms with Crippen molar-refractivity contribution in [3.05, 3.63) is 38.8 Å². The van der Waals surface area contributed by atoms with Crippen LogP contribution in [-0.2, 0) is 0 Å². The fraction of sp³-hybridized carbons (Fsp3) is 0.214. The van der Waals surface area contributed by atoms with Crippen molar-refractivity contribution in [2.24, 2.45) is 0 Å². The minimum atomic E-state index is 0.489. The smallest absolute Gasteiger partial charge is 0.181 e. The molecule has 3 rings (SSSR count). The number of rotatable bonds is 1. The summed E-state index contributed by atoms with van der Waals surface area (Å²) in [5.41, 5.74) is 3.92. The molecule has 2 heterocycles. The Bertz CT molecular complexity index is 780. The molecule has 0 bridgehead atoms. The Morgan fingerprint density at radius 1 is 1.05 bits per heavy atom. The first kappa shape index (κ1) is 12.5. The Morgan fingerprint density at radius 3 is 2.53 bits per heavy atom. The maximum atomic E-state index is 6.30. The SMILES string of the molecule is Cc1cc(C)c2c(Cl)nc(-c3csc(C)n3)nc2c1. The van der Waals surface area contributed by atoms with Gasteiger partial charge in [0.15, 0.2) is 5.82 Å². The molecule has 0 radical (unpaired) electrons. The van der Waals surface area contributed by atoms with Gasteiger partial charge in [-0.25, -0.2) is 15.0 Å². The predicted octanol–water partition coefficient (Wildman–Crippen LogP) is 4.33. The molecule has 0 amide bonds. The molecule has 1 aromatic carbocycles. The molecule has 2 aromatic heterocycles. The summed E-state index contributed by atoms with van der Waals surface area (Å²) in [6.45, 7) is 6.04. The van der Waals surface area contributed by atoms with Crippen LogP contribution in [0.2, 0.25) is 5.15 Å². The molecule has 19 heavy (non-hydrogen) atoms. The van der Waals surface area contributed by atoms with Crippen LogP contribution in [-0.4, -0.2) is 15.0 Å². The van der Waals surface area contributed by atoms with Crippen molar-refractivity contribution in [1.29, 1.82) is 0 Å². The van der Waals surface area contributed by atoms with Crippen molar-refractivity contribution in [1.82, 2.24) is 15.0 Å². The second kappa shape index (κ2) is 4.54. The van der Waals surface area contributed by atoms with Crippen molar-refractivity contribution < 1.29 is 0 Å². The third kappa shape index (κ3) is 2.22. The molecule has 0 saturated carbocycles. The molecule has 0 aliphatic rings. The quantitative estimate of drug-likeness (QED) is 0.626. The summed E-state index contributed by atoms with van der Waals surface area (Å²) in [7, 11) is 0. The number of benzene rings is 1. The van der Waals surface area contributed by atoms with Gasteiger partial charge in [-0.1, -0.05) is 17.7 Å². The zero-order valence-electron chi connectivity index (χ0n) is 10.9. The minimum Gasteiger partial charge on any atom is -0.238 e. The largest absolute Gasteiger partial charge is 0.238 e. The maximum Gasteiger partial charge on any atom is 0.181 e. The normalized spacial score (nSPS) is 11.2. The number of thiazole rings is 1. The van der Waals surface area contributed by atoms with Gasteiger partial charge in [0.2, 0.25) is 0 Å². The lowest BCUT2D eigenvalue weighted by Crippen LogP contribution is -1.94. The molecule has 5 heteroatoms. The van der Waals surface area contributed by atoms with Crippen molar-refractivity contribution in [3.8, 4) is 11.5 Å². The van der Waals surface area contributed by atoms with Crippen LogP contribution in [0, 0.1) is 20.8 Å². The third-order valence-electron chi connectivity index (χ3n) is 2.94. The third-order valence-corrected chi connectivity index (χ3v) is 3.99. The molecule has 0 aliphatic carbocycles. The van der Waals surface area contributed by atoms with E-state index < -0.39 is 0 Å². The van der Waals surface area contributed by atoms with Gasteiger partial charge in [0.05, 0.1) is 10.5 Å². The number of aryl methyl sites for hydroxylation is 3. The highest BCUT2D eigenvalue weighted by Gasteiger charge is 2.12. The lowest BCUT2D eigenvalue weighted by atomic mass is 10.1. The Kier molecular flexibility index (Phi) is 2.99. The average Bonchev–Trinajstić information content (AvgIpc) is 2.74. The second-order valence-electron chi connectivity index (χ2n) is 4.57. The van der Waals surface area contributed by atoms with Crippen LogP contribution in [0.4, 0.5) is 0 Å². The van der Waals surface area contributed by atoms with Crippen LogP contribution in [0.1, 0.15) is 16.1 Å². The number of aromatic nitrogens is 3. The summed E-state index contributed by atoms with van der Waals surface area (Å²) in [5.74, 6) is 0.590. The molecule has 0 N–H and O–H groups in total. The van der Waals surface area contributed by atoms with Gasteiger partial charge in [0, 0.05) is 10.8 Å². The zero-order chi connectivity index (χ0) is 13.6. The van der Waals surface area contributed by atoms with Gasteiger partial charge in [-0.3, -0.25) is 0 Å². The standard InChI is InChI=1S/C14H12ClN3S/c1-7-4-8(2)12-10(5-7)17-14(18-13(12)15)11-6-19-9(3)16-11/h4-6H,1-3H3. The summed E-state index contributed by atoms with van der Waals surface area (Å²) < 4.78 is 0. The number of nitrogens with zero attached hydrogens (tertiary/aromatic N) is 3. The molecular weight excluding hydrogens is 278 g/mol. The molecule has 3 nitrogen and oxygen atoms in total. The average molecular weight is 290 g/mol. The van der Waals surface area contributed by atoms with Gasteiger partial charge < -0.3 is 0 Å².